The van der Waals surface area contributed by atoms with Crippen LogP contribution in [0.2, 0.25) is 0 Å². The minimum absolute atomic E-state index is 0.163. The van der Waals surface area contributed by atoms with Crippen molar-refractivity contribution in [3.8, 4) is 11.5 Å². The Hall–Kier alpha value is -3.59. The Morgan fingerprint density at radius 1 is 1.06 bits per heavy atom. The van der Waals surface area contributed by atoms with Crippen LogP contribution in [0.3, 0.4) is 0 Å². The fourth-order valence-electron chi connectivity index (χ4n) is 4.53. The SMILES string of the molecule is CCOC(=O)COc1c(Br)cc([C@@H]2C(C(=O)OC)=C(C)NC3=C2C(=O)c2ccccc23)cc1OCC. The van der Waals surface area contributed by atoms with E-state index in [2.05, 4.69) is 21.2 Å². The highest BCUT2D eigenvalue weighted by atomic mass is 79.9. The molecule has 2 aromatic carbocycles. The van der Waals surface area contributed by atoms with Crippen LogP contribution in [-0.2, 0) is 19.1 Å². The number of carbonyl (C=O) groups is 3. The third-order valence-electron chi connectivity index (χ3n) is 5.96. The first-order valence-electron chi connectivity index (χ1n) is 11.5. The number of ether oxygens (including phenoxy) is 4. The number of Topliss-reactive ketones (excluding diaryl/α,β-unsaturated/α-hetero) is 1. The standard InChI is InChI=1S/C27H26BrNO7/c1-5-34-19-12-15(11-18(28)26(19)36-13-20(30)35-6-2)22-21(27(32)33-4)14(3)29-24-16-9-7-8-10-17(16)25(31)23(22)24/h7-12,22,29H,5-6,13H2,1-4H3/t22-/m1/s1. The van der Waals surface area contributed by atoms with Crippen molar-refractivity contribution in [3.05, 3.63) is 74.4 Å². The summed E-state index contributed by atoms with van der Waals surface area (Å²) in [7, 11) is 1.31. The molecular formula is C27H26BrNO7. The maximum Gasteiger partial charge on any atom is 0.344 e. The van der Waals surface area contributed by atoms with Gasteiger partial charge in [0.2, 0.25) is 0 Å². The minimum Gasteiger partial charge on any atom is -0.490 e. The monoisotopic (exact) mass is 555 g/mol. The minimum atomic E-state index is -0.719. The van der Waals surface area contributed by atoms with Crippen LogP contribution in [0.25, 0.3) is 5.70 Å². The van der Waals surface area contributed by atoms with Gasteiger partial charge in [-0.3, -0.25) is 4.79 Å². The number of hydrogen-bond acceptors (Lipinski definition) is 8. The molecule has 0 aromatic heterocycles. The van der Waals surface area contributed by atoms with Crippen molar-refractivity contribution in [1.82, 2.24) is 5.32 Å². The number of benzene rings is 2. The molecule has 0 radical (unpaired) electrons. The van der Waals surface area contributed by atoms with E-state index in [-0.39, 0.29) is 19.0 Å². The molecule has 1 N–H and O–H groups in total. The average molecular weight is 556 g/mol. The number of fused-ring (bicyclic) bond motifs is 2. The van der Waals surface area contributed by atoms with Crippen molar-refractivity contribution in [2.24, 2.45) is 0 Å². The van der Waals surface area contributed by atoms with Crippen molar-refractivity contribution >= 4 is 39.3 Å². The third-order valence-corrected chi connectivity index (χ3v) is 6.55. The molecule has 2 aliphatic rings. The van der Waals surface area contributed by atoms with Crippen LogP contribution in [0.4, 0.5) is 0 Å². The van der Waals surface area contributed by atoms with Gasteiger partial charge in [-0.05, 0) is 54.4 Å². The first kappa shape index (κ1) is 25.5. The van der Waals surface area contributed by atoms with E-state index >= 15 is 0 Å². The van der Waals surface area contributed by atoms with Crippen LogP contribution in [-0.4, -0.2) is 44.7 Å². The number of carbonyl (C=O) groups excluding carboxylic acids is 3. The van der Waals surface area contributed by atoms with E-state index in [1.165, 1.54) is 7.11 Å². The number of esters is 2. The lowest BCUT2D eigenvalue weighted by atomic mass is 9.79. The van der Waals surface area contributed by atoms with E-state index in [0.29, 0.717) is 56.2 Å². The summed E-state index contributed by atoms with van der Waals surface area (Å²) in [6.45, 7) is 5.59. The summed E-state index contributed by atoms with van der Waals surface area (Å²) >= 11 is 3.52. The number of ketones is 1. The van der Waals surface area contributed by atoms with Crippen molar-refractivity contribution in [3.63, 3.8) is 0 Å². The largest absolute Gasteiger partial charge is 0.490 e. The van der Waals surface area contributed by atoms with Gasteiger partial charge in [-0.15, -0.1) is 0 Å². The van der Waals surface area contributed by atoms with Crippen LogP contribution in [0.5, 0.6) is 11.5 Å². The summed E-state index contributed by atoms with van der Waals surface area (Å²) in [6, 6.07) is 10.8. The van der Waals surface area contributed by atoms with Gasteiger partial charge in [0.15, 0.2) is 23.9 Å². The smallest absolute Gasteiger partial charge is 0.344 e. The van der Waals surface area contributed by atoms with Crippen molar-refractivity contribution in [1.29, 1.82) is 0 Å². The van der Waals surface area contributed by atoms with E-state index in [4.69, 9.17) is 18.9 Å². The van der Waals surface area contributed by atoms with E-state index in [9.17, 15) is 14.4 Å². The molecule has 0 amide bonds. The molecule has 2 aromatic rings. The lowest BCUT2D eigenvalue weighted by molar-refractivity contribution is -0.145. The van der Waals surface area contributed by atoms with E-state index in [0.717, 1.165) is 5.56 Å². The van der Waals surface area contributed by atoms with E-state index < -0.39 is 17.9 Å². The zero-order valence-electron chi connectivity index (χ0n) is 20.4. The third kappa shape index (κ3) is 4.51. The van der Waals surface area contributed by atoms with Crippen LogP contribution < -0.4 is 14.8 Å². The summed E-state index contributed by atoms with van der Waals surface area (Å²) in [5, 5.41) is 3.26. The molecule has 4 rings (SSSR count). The first-order valence-corrected chi connectivity index (χ1v) is 12.3. The lowest BCUT2D eigenvalue weighted by Gasteiger charge is -2.29. The Balaban J connectivity index is 1.86. The van der Waals surface area contributed by atoms with Crippen LogP contribution in [0.15, 0.2) is 57.7 Å². The van der Waals surface area contributed by atoms with Crippen LogP contribution >= 0.6 is 15.9 Å². The van der Waals surface area contributed by atoms with Gasteiger partial charge in [0, 0.05) is 28.3 Å². The number of nitrogens with one attached hydrogen (secondary N) is 1. The van der Waals surface area contributed by atoms with Gasteiger partial charge < -0.3 is 24.3 Å². The van der Waals surface area contributed by atoms with E-state index in [1.54, 1.807) is 32.0 Å². The Morgan fingerprint density at radius 2 is 1.78 bits per heavy atom. The first-order chi connectivity index (χ1) is 17.3. The average Bonchev–Trinajstić information content (AvgIpc) is 3.14. The van der Waals surface area contributed by atoms with Gasteiger partial charge in [-0.1, -0.05) is 24.3 Å². The number of methoxy groups -OCH3 is 1. The Labute approximate surface area is 217 Å². The quantitative estimate of drug-likeness (QED) is 0.474. The second kappa shape index (κ2) is 10.6. The normalized spacial score (nSPS) is 16.2. The highest BCUT2D eigenvalue weighted by Gasteiger charge is 2.43. The zero-order valence-corrected chi connectivity index (χ0v) is 22.0. The second-order valence-electron chi connectivity index (χ2n) is 8.11. The molecule has 1 aliphatic carbocycles. The molecule has 188 valence electrons. The van der Waals surface area contributed by atoms with Gasteiger partial charge in [0.25, 0.3) is 0 Å². The number of halogens is 1. The van der Waals surface area contributed by atoms with Crippen LogP contribution in [0, 0.1) is 0 Å². The number of rotatable bonds is 8. The molecule has 1 atom stereocenters. The molecule has 0 fully saturated rings. The fraction of sp³-hybridized carbons (Fsp3) is 0.296. The molecule has 36 heavy (non-hydrogen) atoms. The molecule has 0 bridgehead atoms. The summed E-state index contributed by atoms with van der Waals surface area (Å²) < 4.78 is 22.1. The second-order valence-corrected chi connectivity index (χ2v) is 8.96. The molecule has 1 aliphatic heterocycles. The Kier molecular flexibility index (Phi) is 7.49. The zero-order chi connectivity index (χ0) is 26.0. The number of hydrogen-bond donors (Lipinski definition) is 1. The van der Waals surface area contributed by atoms with Crippen molar-refractivity contribution in [2.75, 3.05) is 26.9 Å². The van der Waals surface area contributed by atoms with Gasteiger partial charge in [-0.25, -0.2) is 9.59 Å². The molecule has 8 nitrogen and oxygen atoms in total. The fourth-order valence-corrected chi connectivity index (χ4v) is 5.11. The topological polar surface area (TPSA) is 100 Å². The Morgan fingerprint density at radius 3 is 2.44 bits per heavy atom. The van der Waals surface area contributed by atoms with Gasteiger partial charge in [-0.2, -0.15) is 0 Å². The molecule has 0 spiro atoms. The molecule has 9 heteroatoms. The Bertz CT molecular complexity index is 1310. The summed E-state index contributed by atoms with van der Waals surface area (Å²) in [6.07, 6.45) is 0. The van der Waals surface area contributed by atoms with E-state index in [1.807, 2.05) is 25.1 Å². The highest BCUT2D eigenvalue weighted by Crippen LogP contribution is 2.49. The number of allylic oxidation sites excluding steroid dienone is 2. The maximum absolute atomic E-state index is 13.6. The van der Waals surface area contributed by atoms with Crippen molar-refractivity contribution < 1.29 is 33.3 Å². The molecule has 1 heterocycles. The summed E-state index contributed by atoms with van der Waals surface area (Å²) in [5.41, 5.74) is 4.02. The van der Waals surface area contributed by atoms with Crippen LogP contribution in [0.1, 0.15) is 48.2 Å². The summed E-state index contributed by atoms with van der Waals surface area (Å²) in [5.74, 6) is -1.26. The van der Waals surface area contributed by atoms with Gasteiger partial charge >= 0.3 is 11.9 Å². The number of dihydropyridines is 1. The molecule has 0 saturated heterocycles. The predicted octanol–water partition coefficient (Wildman–Crippen LogP) is 4.53. The molecule has 0 unspecified atom stereocenters. The molecule has 0 saturated carbocycles. The highest BCUT2D eigenvalue weighted by molar-refractivity contribution is 9.10. The lowest BCUT2D eigenvalue weighted by Crippen LogP contribution is -2.29. The van der Waals surface area contributed by atoms with Gasteiger partial charge in [0.1, 0.15) is 0 Å². The maximum atomic E-state index is 13.6. The van der Waals surface area contributed by atoms with Gasteiger partial charge in [0.05, 0.1) is 36.1 Å². The molecular weight excluding hydrogens is 530 g/mol. The predicted molar refractivity (Wildman–Crippen MR) is 136 cm³/mol. The van der Waals surface area contributed by atoms with Crippen molar-refractivity contribution in [2.45, 2.75) is 26.7 Å². The summed E-state index contributed by atoms with van der Waals surface area (Å²) in [4.78, 5) is 38.4.